The van der Waals surface area contributed by atoms with Gasteiger partial charge in [0.05, 0.1) is 6.10 Å². The highest BCUT2D eigenvalue weighted by Crippen LogP contribution is 2.61. The van der Waals surface area contributed by atoms with Gasteiger partial charge in [0.15, 0.2) is 0 Å². The van der Waals surface area contributed by atoms with E-state index in [0.717, 1.165) is 53.5 Å². The molecule has 0 amide bonds. The van der Waals surface area contributed by atoms with Gasteiger partial charge in [-0.15, -0.1) is 0 Å². The van der Waals surface area contributed by atoms with E-state index < -0.39 is 0 Å². The van der Waals surface area contributed by atoms with Crippen molar-refractivity contribution in [2.45, 2.75) is 58.5 Å². The Morgan fingerprint density at radius 1 is 0.966 bits per heavy atom. The van der Waals surface area contributed by atoms with Crippen LogP contribution in [0.1, 0.15) is 66.3 Å². The van der Waals surface area contributed by atoms with E-state index in [2.05, 4.69) is 19.1 Å². The molecule has 0 aliphatic heterocycles. The van der Waals surface area contributed by atoms with E-state index in [9.17, 15) is 15.3 Å². The second-order valence-electron chi connectivity index (χ2n) is 9.74. The molecule has 0 heterocycles. The van der Waals surface area contributed by atoms with Crippen LogP contribution in [0.4, 0.5) is 0 Å². The highest BCUT2D eigenvalue weighted by Gasteiger charge is 2.54. The topological polar surface area (TPSA) is 60.7 Å². The molecule has 3 aliphatic rings. The van der Waals surface area contributed by atoms with Gasteiger partial charge in [-0.05, 0) is 120 Å². The third-order valence-corrected chi connectivity index (χ3v) is 8.17. The lowest BCUT2D eigenvalue weighted by molar-refractivity contribution is -0.00806. The molecule has 3 aliphatic carbocycles. The lowest BCUT2D eigenvalue weighted by Crippen LogP contribution is -2.42. The summed E-state index contributed by atoms with van der Waals surface area (Å²) in [5.41, 5.74) is 6.40. The van der Waals surface area contributed by atoms with Gasteiger partial charge in [-0.1, -0.05) is 19.1 Å². The van der Waals surface area contributed by atoms with Crippen molar-refractivity contribution in [2.75, 3.05) is 0 Å². The normalized spacial score (nSPS) is 32.9. The second-order valence-corrected chi connectivity index (χ2v) is 9.74. The fourth-order valence-electron chi connectivity index (χ4n) is 6.51. The van der Waals surface area contributed by atoms with E-state index in [0.29, 0.717) is 23.5 Å². The minimum Gasteiger partial charge on any atom is -0.508 e. The molecule has 0 spiro atoms. The molecule has 0 aromatic heterocycles. The number of hydrogen-bond donors (Lipinski definition) is 3. The zero-order chi connectivity index (χ0) is 20.5. The molecular formula is C26H30O3. The van der Waals surface area contributed by atoms with Gasteiger partial charge >= 0.3 is 0 Å². The van der Waals surface area contributed by atoms with Crippen molar-refractivity contribution in [1.29, 1.82) is 0 Å². The van der Waals surface area contributed by atoms with Gasteiger partial charge in [0.1, 0.15) is 11.5 Å². The van der Waals surface area contributed by atoms with E-state index in [1.165, 1.54) is 5.56 Å². The summed E-state index contributed by atoms with van der Waals surface area (Å²) >= 11 is 0. The van der Waals surface area contributed by atoms with Crippen LogP contribution in [0.5, 0.6) is 11.5 Å². The van der Waals surface area contributed by atoms with E-state index in [4.69, 9.17) is 0 Å². The molecule has 0 bridgehead atoms. The average molecular weight is 391 g/mol. The summed E-state index contributed by atoms with van der Waals surface area (Å²) in [6.07, 6.45) is 6.31. The Balaban J connectivity index is 1.70. The summed E-state index contributed by atoms with van der Waals surface area (Å²) in [4.78, 5) is 0. The third kappa shape index (κ3) is 2.67. The summed E-state index contributed by atoms with van der Waals surface area (Å²) in [6.45, 7) is 6.15. The molecule has 3 nitrogen and oxygen atoms in total. The Labute approximate surface area is 172 Å². The molecule has 29 heavy (non-hydrogen) atoms. The number of fused-ring (bicyclic) bond motifs is 5. The largest absolute Gasteiger partial charge is 0.508 e. The van der Waals surface area contributed by atoms with Crippen molar-refractivity contribution in [3.63, 3.8) is 0 Å². The number of hydrogen-bond acceptors (Lipinski definition) is 3. The number of aliphatic hydroxyl groups is 1. The van der Waals surface area contributed by atoms with Crippen molar-refractivity contribution in [2.24, 2.45) is 17.3 Å². The Morgan fingerprint density at radius 2 is 1.69 bits per heavy atom. The summed E-state index contributed by atoms with van der Waals surface area (Å²) < 4.78 is 0. The lowest BCUT2D eigenvalue weighted by Gasteiger charge is -2.49. The zero-order valence-corrected chi connectivity index (χ0v) is 17.4. The molecule has 2 aromatic carbocycles. The molecule has 0 radical (unpaired) electrons. The lowest BCUT2D eigenvalue weighted by atomic mass is 9.56. The molecule has 2 fully saturated rings. The number of benzene rings is 2. The third-order valence-electron chi connectivity index (χ3n) is 8.17. The first-order chi connectivity index (χ1) is 13.8. The molecule has 3 heteroatoms. The number of aryl methyl sites for hydroxylation is 2. The van der Waals surface area contributed by atoms with Gasteiger partial charge in [0.2, 0.25) is 0 Å². The number of aromatic hydroxyl groups is 2. The minimum absolute atomic E-state index is 0.00200. The zero-order valence-electron chi connectivity index (χ0n) is 17.4. The predicted octanol–water partition coefficient (Wildman–Crippen LogP) is 5.43. The molecule has 5 atom stereocenters. The first kappa shape index (κ1) is 18.7. The Kier molecular flexibility index (Phi) is 4.12. The monoisotopic (exact) mass is 390 g/mol. The first-order valence-corrected chi connectivity index (χ1v) is 10.8. The predicted molar refractivity (Wildman–Crippen MR) is 115 cm³/mol. The maximum absolute atomic E-state index is 10.7. The number of allylic oxidation sites excluding steroid dienone is 1. The number of phenolic OH excluding ortho intramolecular Hbond substituents is 2. The Morgan fingerprint density at radius 3 is 2.41 bits per heavy atom. The Bertz CT molecular complexity index is 998. The van der Waals surface area contributed by atoms with Crippen LogP contribution >= 0.6 is 0 Å². The molecule has 5 rings (SSSR count). The molecule has 0 unspecified atom stereocenters. The second kappa shape index (κ2) is 6.37. The van der Waals surface area contributed by atoms with Gasteiger partial charge < -0.3 is 15.3 Å². The maximum atomic E-state index is 10.7. The van der Waals surface area contributed by atoms with Crippen LogP contribution < -0.4 is 0 Å². The molecule has 2 aromatic rings. The van der Waals surface area contributed by atoms with Crippen LogP contribution in [0.2, 0.25) is 0 Å². The van der Waals surface area contributed by atoms with E-state index >= 15 is 0 Å². The van der Waals surface area contributed by atoms with Crippen LogP contribution in [-0.4, -0.2) is 21.4 Å². The number of aliphatic hydroxyl groups excluding tert-OH is 1. The van der Waals surface area contributed by atoms with Gasteiger partial charge in [-0.2, -0.15) is 0 Å². The van der Waals surface area contributed by atoms with Gasteiger partial charge in [0.25, 0.3) is 0 Å². The van der Waals surface area contributed by atoms with Crippen LogP contribution in [0, 0.1) is 31.1 Å². The quantitative estimate of drug-likeness (QED) is 0.608. The van der Waals surface area contributed by atoms with E-state index in [1.54, 1.807) is 0 Å². The number of rotatable bonds is 1. The van der Waals surface area contributed by atoms with E-state index in [1.807, 2.05) is 38.1 Å². The molecule has 0 saturated heterocycles. The highest BCUT2D eigenvalue weighted by molar-refractivity contribution is 5.85. The summed E-state index contributed by atoms with van der Waals surface area (Å²) in [5.74, 6) is 1.96. The van der Waals surface area contributed by atoms with Crippen molar-refractivity contribution in [3.05, 3.63) is 64.2 Å². The average Bonchev–Trinajstić information content (AvgIpc) is 3.00. The SMILES string of the molecule is Cc1cc(C2=C[C@@H]3[C@H](CC[C@]4(C)[C@@H](O)CC[C@@H]34)c3ccc(O)cc32)cc(C)c1O. The van der Waals surface area contributed by atoms with Crippen molar-refractivity contribution >= 4 is 5.57 Å². The summed E-state index contributed by atoms with van der Waals surface area (Å²) in [6, 6.07) is 9.90. The van der Waals surface area contributed by atoms with Crippen molar-refractivity contribution in [1.82, 2.24) is 0 Å². The highest BCUT2D eigenvalue weighted by atomic mass is 16.3. The van der Waals surface area contributed by atoms with Gasteiger partial charge in [0, 0.05) is 0 Å². The summed E-state index contributed by atoms with van der Waals surface area (Å²) in [7, 11) is 0. The molecule has 3 N–H and O–H groups in total. The van der Waals surface area contributed by atoms with Crippen molar-refractivity contribution < 1.29 is 15.3 Å². The van der Waals surface area contributed by atoms with Gasteiger partial charge in [-0.25, -0.2) is 0 Å². The van der Waals surface area contributed by atoms with Crippen LogP contribution in [0.25, 0.3) is 5.57 Å². The standard InChI is InChI=1S/C26H30O3/c1-14-10-16(11-15(2)25(14)29)20-13-22-19(18-5-4-17(27)12-21(18)20)8-9-26(3)23(22)6-7-24(26)28/h4-5,10-13,19,22-24,27-29H,6-9H2,1-3H3/t19-,22-,23+,24+,26+/m1/s1. The molecule has 152 valence electrons. The fraction of sp³-hybridized carbons (Fsp3) is 0.462. The first-order valence-electron chi connectivity index (χ1n) is 10.8. The maximum Gasteiger partial charge on any atom is 0.121 e. The van der Waals surface area contributed by atoms with Crippen molar-refractivity contribution in [3.8, 4) is 11.5 Å². The number of phenols is 2. The molecular weight excluding hydrogens is 360 g/mol. The van der Waals surface area contributed by atoms with Gasteiger partial charge in [-0.3, -0.25) is 0 Å². The fourth-order valence-corrected chi connectivity index (χ4v) is 6.51. The summed E-state index contributed by atoms with van der Waals surface area (Å²) in [5, 5.41) is 31.2. The van der Waals surface area contributed by atoms with Crippen LogP contribution in [0.15, 0.2) is 36.4 Å². The Hall–Kier alpha value is -2.26. The minimum atomic E-state index is -0.204. The van der Waals surface area contributed by atoms with Crippen LogP contribution in [-0.2, 0) is 0 Å². The molecule has 2 saturated carbocycles. The van der Waals surface area contributed by atoms with E-state index in [-0.39, 0.29) is 17.3 Å². The smallest absolute Gasteiger partial charge is 0.121 e. The van der Waals surface area contributed by atoms with Crippen LogP contribution in [0.3, 0.4) is 0 Å².